The first kappa shape index (κ1) is 25.1. The van der Waals surface area contributed by atoms with Gasteiger partial charge in [0.15, 0.2) is 0 Å². The van der Waals surface area contributed by atoms with Crippen LogP contribution in [0.25, 0.3) is 0 Å². The molecule has 1 heteroatoms. The summed E-state index contributed by atoms with van der Waals surface area (Å²) in [6.07, 6.45) is 8.38. The van der Waals surface area contributed by atoms with E-state index in [1.165, 1.54) is 49.7 Å². The number of aromatic hydroxyl groups is 1. The second-order valence-electron chi connectivity index (χ2n) is 10.8. The van der Waals surface area contributed by atoms with E-state index in [1.807, 2.05) is 18.2 Å². The van der Waals surface area contributed by atoms with E-state index >= 15 is 0 Å². The Morgan fingerprint density at radius 2 is 1.18 bits per heavy atom. The summed E-state index contributed by atoms with van der Waals surface area (Å²) >= 11 is 0. The van der Waals surface area contributed by atoms with Gasteiger partial charge in [0.25, 0.3) is 0 Å². The first-order valence-corrected chi connectivity index (χ1v) is 12.7. The molecule has 0 amide bonds. The molecular formula is C32H42O. The van der Waals surface area contributed by atoms with Crippen LogP contribution in [0.3, 0.4) is 0 Å². The molecule has 1 atom stereocenters. The van der Waals surface area contributed by atoms with Crippen molar-refractivity contribution in [2.75, 3.05) is 0 Å². The molecule has 33 heavy (non-hydrogen) atoms. The Hall–Kier alpha value is -2.54. The lowest BCUT2D eigenvalue weighted by Gasteiger charge is -2.36. The van der Waals surface area contributed by atoms with Gasteiger partial charge in [-0.15, -0.1) is 0 Å². The summed E-state index contributed by atoms with van der Waals surface area (Å²) in [5.41, 5.74) is 4.19. The SMILES string of the molecule is CC(C)(CCCCCCC(Cc1ccccc1O)C(C)(C)c1ccccc1)c1ccccc1. The highest BCUT2D eigenvalue weighted by atomic mass is 16.3. The fourth-order valence-corrected chi connectivity index (χ4v) is 5.12. The number of hydrogen-bond acceptors (Lipinski definition) is 1. The molecule has 0 aromatic heterocycles. The lowest BCUT2D eigenvalue weighted by atomic mass is 9.69. The van der Waals surface area contributed by atoms with Crippen LogP contribution in [0.2, 0.25) is 0 Å². The van der Waals surface area contributed by atoms with E-state index < -0.39 is 0 Å². The smallest absolute Gasteiger partial charge is 0.118 e. The van der Waals surface area contributed by atoms with Crippen molar-refractivity contribution in [2.45, 2.75) is 83.5 Å². The standard InChI is InChI=1S/C32H42O/c1-31(2,27-18-10-7-11-19-27)24-16-6-5-9-22-29(25-26-17-14-15-23-30(26)33)32(3,4)28-20-12-8-13-21-28/h7-8,10-15,17-21,23,29,33H,5-6,9,16,22,24-25H2,1-4H3. The van der Waals surface area contributed by atoms with Crippen molar-refractivity contribution in [1.29, 1.82) is 0 Å². The van der Waals surface area contributed by atoms with Gasteiger partial charge in [-0.05, 0) is 58.8 Å². The highest BCUT2D eigenvalue weighted by molar-refractivity contribution is 5.33. The van der Waals surface area contributed by atoms with E-state index in [0.29, 0.717) is 11.7 Å². The predicted octanol–water partition coefficient (Wildman–Crippen LogP) is 8.85. The summed E-state index contributed by atoms with van der Waals surface area (Å²) in [4.78, 5) is 0. The van der Waals surface area contributed by atoms with Gasteiger partial charge >= 0.3 is 0 Å². The van der Waals surface area contributed by atoms with Crippen molar-refractivity contribution in [3.63, 3.8) is 0 Å². The summed E-state index contributed by atoms with van der Waals surface area (Å²) in [6.45, 7) is 9.48. The summed E-state index contributed by atoms with van der Waals surface area (Å²) < 4.78 is 0. The average molecular weight is 443 g/mol. The van der Waals surface area contributed by atoms with Crippen molar-refractivity contribution < 1.29 is 5.11 Å². The van der Waals surface area contributed by atoms with Gasteiger partial charge in [-0.2, -0.15) is 0 Å². The van der Waals surface area contributed by atoms with Gasteiger partial charge in [-0.25, -0.2) is 0 Å². The highest BCUT2D eigenvalue weighted by Gasteiger charge is 2.31. The first-order valence-electron chi connectivity index (χ1n) is 12.7. The third kappa shape index (κ3) is 6.97. The van der Waals surface area contributed by atoms with Crippen LogP contribution < -0.4 is 0 Å². The molecule has 0 spiro atoms. The van der Waals surface area contributed by atoms with E-state index in [9.17, 15) is 5.11 Å². The zero-order valence-corrected chi connectivity index (χ0v) is 21.1. The van der Waals surface area contributed by atoms with Crippen LogP contribution >= 0.6 is 0 Å². The van der Waals surface area contributed by atoms with Crippen LogP contribution in [0.4, 0.5) is 0 Å². The summed E-state index contributed by atoms with van der Waals surface area (Å²) in [6, 6.07) is 29.6. The molecule has 1 N–H and O–H groups in total. The van der Waals surface area contributed by atoms with E-state index in [2.05, 4.69) is 94.4 Å². The Morgan fingerprint density at radius 1 is 0.636 bits per heavy atom. The Kier molecular flexibility index (Phi) is 8.78. The van der Waals surface area contributed by atoms with Gasteiger partial charge in [0.2, 0.25) is 0 Å². The molecule has 0 aliphatic heterocycles. The molecule has 0 aliphatic carbocycles. The van der Waals surface area contributed by atoms with Crippen LogP contribution in [0.5, 0.6) is 5.75 Å². The molecule has 0 saturated carbocycles. The van der Waals surface area contributed by atoms with Gasteiger partial charge in [0.1, 0.15) is 5.75 Å². The van der Waals surface area contributed by atoms with Crippen molar-refractivity contribution in [1.82, 2.24) is 0 Å². The van der Waals surface area contributed by atoms with Crippen LogP contribution in [-0.2, 0) is 17.3 Å². The van der Waals surface area contributed by atoms with Gasteiger partial charge in [0.05, 0.1) is 0 Å². The molecule has 3 rings (SSSR count). The van der Waals surface area contributed by atoms with Crippen LogP contribution in [0.15, 0.2) is 84.9 Å². The molecule has 0 saturated heterocycles. The maximum atomic E-state index is 10.4. The zero-order valence-electron chi connectivity index (χ0n) is 21.1. The van der Waals surface area contributed by atoms with E-state index in [1.54, 1.807) is 0 Å². The van der Waals surface area contributed by atoms with Gasteiger partial charge in [0, 0.05) is 0 Å². The molecular weight excluding hydrogens is 400 g/mol. The minimum Gasteiger partial charge on any atom is -0.508 e. The number of hydrogen-bond donors (Lipinski definition) is 1. The Morgan fingerprint density at radius 3 is 1.82 bits per heavy atom. The molecule has 176 valence electrons. The van der Waals surface area contributed by atoms with Crippen LogP contribution in [0, 0.1) is 5.92 Å². The van der Waals surface area contributed by atoms with Gasteiger partial charge in [-0.1, -0.05) is 132 Å². The number of unbranched alkanes of at least 4 members (excludes halogenated alkanes) is 3. The summed E-state index contributed by atoms with van der Waals surface area (Å²) in [7, 11) is 0. The molecule has 3 aromatic rings. The van der Waals surface area contributed by atoms with E-state index in [0.717, 1.165) is 12.0 Å². The quantitative estimate of drug-likeness (QED) is 0.278. The summed E-state index contributed by atoms with van der Waals surface area (Å²) in [5.74, 6) is 0.906. The average Bonchev–Trinajstić information content (AvgIpc) is 2.82. The minimum absolute atomic E-state index is 0.0544. The lowest BCUT2D eigenvalue weighted by molar-refractivity contribution is 0.283. The number of phenols is 1. The molecule has 3 aromatic carbocycles. The molecule has 0 aliphatic rings. The summed E-state index contributed by atoms with van der Waals surface area (Å²) in [5, 5.41) is 10.4. The fourth-order valence-electron chi connectivity index (χ4n) is 5.12. The first-order chi connectivity index (χ1) is 15.8. The number of rotatable bonds is 12. The third-order valence-electron chi connectivity index (χ3n) is 7.66. The second kappa shape index (κ2) is 11.5. The van der Waals surface area contributed by atoms with Crippen LogP contribution in [-0.4, -0.2) is 5.11 Å². The maximum Gasteiger partial charge on any atom is 0.118 e. The number of benzene rings is 3. The monoisotopic (exact) mass is 442 g/mol. The van der Waals surface area contributed by atoms with E-state index in [-0.39, 0.29) is 10.8 Å². The largest absolute Gasteiger partial charge is 0.508 e. The van der Waals surface area contributed by atoms with Crippen molar-refractivity contribution >= 4 is 0 Å². The molecule has 1 nitrogen and oxygen atoms in total. The van der Waals surface area contributed by atoms with Gasteiger partial charge in [-0.3, -0.25) is 0 Å². The van der Waals surface area contributed by atoms with Gasteiger partial charge < -0.3 is 5.11 Å². The Labute approximate surface area is 201 Å². The maximum absolute atomic E-state index is 10.4. The molecule has 0 heterocycles. The van der Waals surface area contributed by atoms with Crippen LogP contribution in [0.1, 0.15) is 82.9 Å². The molecule has 0 bridgehead atoms. The van der Waals surface area contributed by atoms with E-state index in [4.69, 9.17) is 0 Å². The van der Waals surface area contributed by atoms with Crippen molar-refractivity contribution in [3.8, 4) is 5.75 Å². The normalized spacial score (nSPS) is 13.1. The predicted molar refractivity (Wildman–Crippen MR) is 142 cm³/mol. The molecule has 1 unspecified atom stereocenters. The fraction of sp³-hybridized carbons (Fsp3) is 0.438. The number of para-hydroxylation sites is 1. The minimum atomic E-state index is 0.0544. The molecule has 0 radical (unpaired) electrons. The Bertz CT molecular complexity index is 956. The van der Waals surface area contributed by atoms with Crippen molar-refractivity contribution in [2.24, 2.45) is 5.92 Å². The third-order valence-corrected chi connectivity index (χ3v) is 7.66. The molecule has 0 fully saturated rings. The second-order valence-corrected chi connectivity index (χ2v) is 10.8. The van der Waals surface area contributed by atoms with Crippen molar-refractivity contribution in [3.05, 3.63) is 102 Å². The Balaban J connectivity index is 1.57. The highest BCUT2D eigenvalue weighted by Crippen LogP contribution is 2.38. The lowest BCUT2D eigenvalue weighted by Crippen LogP contribution is -2.30. The number of phenolic OH excluding ortho intramolecular Hbond substituents is 1. The topological polar surface area (TPSA) is 20.2 Å². The zero-order chi connectivity index (χ0) is 23.7.